The second kappa shape index (κ2) is 13.4. The van der Waals surface area contributed by atoms with E-state index in [1.165, 1.54) is 13.8 Å². The molecule has 0 saturated carbocycles. The van der Waals surface area contributed by atoms with Crippen LogP contribution in [0.15, 0.2) is 0 Å². The number of nitrogens with two attached hydrogens (primary N) is 2. The Morgan fingerprint density at radius 1 is 0.828 bits per heavy atom. The van der Waals surface area contributed by atoms with E-state index in [0.29, 0.717) is 19.4 Å². The topological polar surface area (TPSA) is 214 Å². The molecule has 9 N–H and O–H groups in total. The van der Waals surface area contributed by atoms with Crippen LogP contribution in [0.2, 0.25) is 0 Å². The van der Waals surface area contributed by atoms with E-state index in [4.69, 9.17) is 16.6 Å². The molecule has 0 heterocycles. The smallest absolute Gasteiger partial charge is 0.326 e. The van der Waals surface area contributed by atoms with Crippen molar-refractivity contribution < 1.29 is 34.2 Å². The average Bonchev–Trinajstić information content (AvgIpc) is 2.64. The zero-order chi connectivity index (χ0) is 22.6. The Hall–Kier alpha value is -2.73. The molecule has 0 rings (SSSR count). The molecule has 0 aromatic rings. The highest BCUT2D eigenvalue weighted by atomic mass is 16.4. The molecule has 166 valence electrons. The van der Waals surface area contributed by atoms with E-state index in [1.807, 2.05) is 0 Å². The van der Waals surface area contributed by atoms with Gasteiger partial charge in [-0.2, -0.15) is 0 Å². The van der Waals surface area contributed by atoms with Crippen LogP contribution < -0.4 is 27.4 Å². The Morgan fingerprint density at radius 3 is 1.83 bits per heavy atom. The van der Waals surface area contributed by atoms with Crippen molar-refractivity contribution in [3.05, 3.63) is 0 Å². The highest BCUT2D eigenvalue weighted by Gasteiger charge is 2.26. The fraction of sp³-hybridized carbons (Fsp3) is 0.706. The van der Waals surface area contributed by atoms with Crippen LogP contribution in [-0.4, -0.2) is 70.6 Å². The summed E-state index contributed by atoms with van der Waals surface area (Å²) < 4.78 is 0. The molecule has 29 heavy (non-hydrogen) atoms. The number of hydrogen-bond donors (Lipinski definition) is 7. The van der Waals surface area contributed by atoms with E-state index >= 15 is 0 Å². The summed E-state index contributed by atoms with van der Waals surface area (Å²) in [5.74, 6) is -4.35. The van der Waals surface area contributed by atoms with Gasteiger partial charge in [-0.15, -0.1) is 0 Å². The average molecular weight is 417 g/mol. The Labute approximate surface area is 168 Å². The molecule has 3 amide bonds. The van der Waals surface area contributed by atoms with Gasteiger partial charge in [-0.05, 0) is 46.1 Å². The first-order valence-electron chi connectivity index (χ1n) is 9.30. The van der Waals surface area contributed by atoms with Crippen molar-refractivity contribution >= 4 is 29.7 Å². The van der Waals surface area contributed by atoms with Crippen molar-refractivity contribution in [3.8, 4) is 0 Å². The minimum absolute atomic E-state index is 0.0882. The van der Waals surface area contributed by atoms with E-state index in [0.717, 1.165) is 0 Å². The second-order valence-electron chi connectivity index (χ2n) is 6.68. The normalized spacial score (nSPS) is 14.8. The lowest BCUT2D eigenvalue weighted by molar-refractivity contribution is -0.142. The number of hydrogen-bond acceptors (Lipinski definition) is 7. The number of carboxylic acid groups (broad SMARTS) is 2. The summed E-state index contributed by atoms with van der Waals surface area (Å²) in [7, 11) is 0. The van der Waals surface area contributed by atoms with Gasteiger partial charge < -0.3 is 37.6 Å². The molecule has 4 unspecified atom stereocenters. The van der Waals surface area contributed by atoms with Gasteiger partial charge in [0, 0.05) is 6.42 Å². The van der Waals surface area contributed by atoms with Crippen molar-refractivity contribution in [2.75, 3.05) is 6.54 Å². The lowest BCUT2D eigenvalue weighted by atomic mass is 10.1. The van der Waals surface area contributed by atoms with Gasteiger partial charge in [0.25, 0.3) is 0 Å². The summed E-state index contributed by atoms with van der Waals surface area (Å²) in [5, 5.41) is 24.8. The zero-order valence-corrected chi connectivity index (χ0v) is 16.6. The molecule has 0 bridgehead atoms. The molecule has 0 spiro atoms. The van der Waals surface area contributed by atoms with Crippen molar-refractivity contribution in [2.24, 2.45) is 11.5 Å². The van der Waals surface area contributed by atoms with Crippen LogP contribution in [0.25, 0.3) is 0 Å². The SMILES string of the molecule is CC(NC(=O)C(N)CCC(=O)O)C(=O)NC(C)C(=O)NC(CCCCN)C(=O)O. The van der Waals surface area contributed by atoms with Gasteiger partial charge in [-0.3, -0.25) is 19.2 Å². The fourth-order valence-electron chi connectivity index (χ4n) is 2.25. The van der Waals surface area contributed by atoms with E-state index in [9.17, 15) is 29.1 Å². The van der Waals surface area contributed by atoms with Gasteiger partial charge in [0.15, 0.2) is 0 Å². The first-order valence-corrected chi connectivity index (χ1v) is 9.30. The molecule has 4 atom stereocenters. The van der Waals surface area contributed by atoms with Crippen molar-refractivity contribution in [3.63, 3.8) is 0 Å². The van der Waals surface area contributed by atoms with Crippen LogP contribution in [-0.2, 0) is 24.0 Å². The quantitative estimate of drug-likeness (QED) is 0.154. The summed E-state index contributed by atoms with van der Waals surface area (Å²) in [6.07, 6.45) is 0.981. The molecule has 0 aliphatic rings. The van der Waals surface area contributed by atoms with Crippen LogP contribution in [0, 0.1) is 0 Å². The number of rotatable bonds is 14. The van der Waals surface area contributed by atoms with Gasteiger partial charge in [0.05, 0.1) is 6.04 Å². The summed E-state index contributed by atoms with van der Waals surface area (Å²) in [6.45, 7) is 3.16. The second-order valence-corrected chi connectivity index (χ2v) is 6.68. The molecule has 0 aromatic carbocycles. The maximum Gasteiger partial charge on any atom is 0.326 e. The molecule has 0 aliphatic carbocycles. The third-order valence-electron chi connectivity index (χ3n) is 4.07. The molecule has 12 heteroatoms. The molecule has 0 radical (unpaired) electrons. The first-order chi connectivity index (χ1) is 13.5. The van der Waals surface area contributed by atoms with Crippen LogP contribution in [0.3, 0.4) is 0 Å². The number of amides is 3. The standard InChI is InChI=1S/C17H31N5O7/c1-9(21-16(27)11(19)6-7-13(23)24)14(25)20-10(2)15(26)22-12(17(28)29)5-3-4-8-18/h9-12H,3-8,18-19H2,1-2H3,(H,20,25)(H,21,27)(H,22,26)(H,23,24)(H,28,29). The predicted octanol–water partition coefficient (Wildman–Crippen LogP) is -2.11. The van der Waals surface area contributed by atoms with Gasteiger partial charge in [0.1, 0.15) is 18.1 Å². The first kappa shape index (κ1) is 26.3. The highest BCUT2D eigenvalue weighted by Crippen LogP contribution is 2.02. The molecular weight excluding hydrogens is 386 g/mol. The van der Waals surface area contributed by atoms with Gasteiger partial charge in [-0.1, -0.05) is 0 Å². The molecule has 0 aromatic heterocycles. The lowest BCUT2D eigenvalue weighted by Crippen LogP contribution is -2.55. The van der Waals surface area contributed by atoms with E-state index in [-0.39, 0.29) is 19.3 Å². The molecular formula is C17H31N5O7. The zero-order valence-electron chi connectivity index (χ0n) is 16.6. The molecule has 12 nitrogen and oxygen atoms in total. The Kier molecular flexibility index (Phi) is 12.2. The Bertz CT molecular complexity index is 599. The minimum atomic E-state index is -1.19. The number of unbranched alkanes of at least 4 members (excludes halogenated alkanes) is 1. The Morgan fingerprint density at radius 2 is 1.34 bits per heavy atom. The van der Waals surface area contributed by atoms with Crippen LogP contribution in [0.4, 0.5) is 0 Å². The summed E-state index contributed by atoms with van der Waals surface area (Å²) >= 11 is 0. The maximum atomic E-state index is 12.2. The monoisotopic (exact) mass is 417 g/mol. The highest BCUT2D eigenvalue weighted by molar-refractivity contribution is 5.93. The fourth-order valence-corrected chi connectivity index (χ4v) is 2.25. The molecule has 0 aliphatic heterocycles. The van der Waals surface area contributed by atoms with E-state index < -0.39 is 53.8 Å². The third kappa shape index (κ3) is 11.0. The lowest BCUT2D eigenvalue weighted by Gasteiger charge is -2.21. The van der Waals surface area contributed by atoms with E-state index in [2.05, 4.69) is 16.0 Å². The number of nitrogens with one attached hydrogen (secondary N) is 3. The molecule has 0 fully saturated rings. The van der Waals surface area contributed by atoms with Crippen LogP contribution in [0.1, 0.15) is 46.0 Å². The van der Waals surface area contributed by atoms with Crippen molar-refractivity contribution in [2.45, 2.75) is 70.1 Å². The number of carbonyl (C=O) groups is 5. The van der Waals surface area contributed by atoms with Gasteiger partial charge in [0.2, 0.25) is 17.7 Å². The largest absolute Gasteiger partial charge is 0.481 e. The van der Waals surface area contributed by atoms with Gasteiger partial charge in [-0.25, -0.2) is 4.79 Å². The number of carbonyl (C=O) groups excluding carboxylic acids is 3. The number of carboxylic acids is 2. The number of aliphatic carboxylic acids is 2. The van der Waals surface area contributed by atoms with Crippen LogP contribution in [0.5, 0.6) is 0 Å². The summed E-state index contributed by atoms with van der Waals surface area (Å²) in [4.78, 5) is 57.9. The van der Waals surface area contributed by atoms with Crippen molar-refractivity contribution in [1.29, 1.82) is 0 Å². The van der Waals surface area contributed by atoms with Crippen LogP contribution >= 0.6 is 0 Å². The summed E-state index contributed by atoms with van der Waals surface area (Å²) in [5.41, 5.74) is 10.9. The van der Waals surface area contributed by atoms with Gasteiger partial charge >= 0.3 is 11.9 Å². The van der Waals surface area contributed by atoms with E-state index in [1.54, 1.807) is 0 Å². The maximum absolute atomic E-state index is 12.2. The molecule has 0 saturated heterocycles. The van der Waals surface area contributed by atoms with Crippen molar-refractivity contribution in [1.82, 2.24) is 16.0 Å². The summed E-state index contributed by atoms with van der Waals surface area (Å²) in [6, 6.07) is -4.27. The third-order valence-corrected chi connectivity index (χ3v) is 4.07. The minimum Gasteiger partial charge on any atom is -0.481 e. The Balaban J connectivity index is 4.57. The predicted molar refractivity (Wildman–Crippen MR) is 103 cm³/mol.